The highest BCUT2D eigenvalue weighted by Gasteiger charge is 2.50. The van der Waals surface area contributed by atoms with Gasteiger partial charge >= 0.3 is 5.97 Å². The molecule has 12 heteroatoms. The molecule has 5 atom stereocenters. The number of nitrogens with zero attached hydrogens (tertiary/aromatic N) is 3. The summed E-state index contributed by atoms with van der Waals surface area (Å²) in [6.07, 6.45) is -4.38. The third-order valence-electron chi connectivity index (χ3n) is 4.97. The van der Waals surface area contributed by atoms with E-state index in [1.54, 1.807) is 37.3 Å². The topological polar surface area (TPSA) is 127 Å². The molecular formula is C22H21Cl3N4O5. The lowest BCUT2D eigenvalue weighted by atomic mass is 9.97. The van der Waals surface area contributed by atoms with Gasteiger partial charge in [-0.15, -0.1) is 0 Å². The summed E-state index contributed by atoms with van der Waals surface area (Å²) in [5, 5.41) is 11.8. The summed E-state index contributed by atoms with van der Waals surface area (Å²) in [5.41, 5.74) is 10.2. The fourth-order valence-electron chi connectivity index (χ4n) is 3.33. The van der Waals surface area contributed by atoms with Crippen LogP contribution in [0.5, 0.6) is 0 Å². The average Bonchev–Trinajstić information content (AvgIpc) is 2.82. The number of azide groups is 1. The zero-order valence-electron chi connectivity index (χ0n) is 17.9. The maximum Gasteiger partial charge on any atom is 0.338 e. The summed E-state index contributed by atoms with van der Waals surface area (Å²) in [5.74, 6) is -1.44. The second-order valence-electron chi connectivity index (χ2n) is 7.35. The lowest BCUT2D eigenvalue weighted by Gasteiger charge is -2.43. The van der Waals surface area contributed by atoms with Gasteiger partial charge in [-0.1, -0.05) is 88.4 Å². The molecule has 0 bridgehead atoms. The van der Waals surface area contributed by atoms with Gasteiger partial charge in [0, 0.05) is 4.91 Å². The standard InChI is InChI=1S/C22H21Cl3N4O5/c1-13-16(28-29-27)17(31-12-14-8-4-2-5-9-14)18(20(32-13)34-21(26)22(23,24)25)33-19(30)15-10-6-3-7-11-15/h2-11,13,16-18,20,26H,12H2,1H3/t13?,16?,17?,18?,20-/m1/s1. The van der Waals surface area contributed by atoms with E-state index in [2.05, 4.69) is 10.0 Å². The Bertz CT molecular complexity index is 1030. The third-order valence-corrected chi connectivity index (χ3v) is 5.49. The maximum absolute atomic E-state index is 12.9. The molecular weight excluding hydrogens is 507 g/mol. The van der Waals surface area contributed by atoms with Crippen molar-refractivity contribution in [2.24, 2.45) is 5.11 Å². The molecule has 1 aliphatic rings. The number of benzene rings is 2. The van der Waals surface area contributed by atoms with Gasteiger partial charge in [-0.3, -0.25) is 5.41 Å². The zero-order valence-corrected chi connectivity index (χ0v) is 20.2. The first kappa shape index (κ1) is 26.1. The predicted molar refractivity (Wildman–Crippen MR) is 127 cm³/mol. The molecule has 1 saturated heterocycles. The number of hydrogen-bond donors (Lipinski definition) is 1. The van der Waals surface area contributed by atoms with Crippen molar-refractivity contribution in [2.45, 2.75) is 48.0 Å². The Labute approximate surface area is 210 Å². The van der Waals surface area contributed by atoms with Crippen molar-refractivity contribution in [2.75, 3.05) is 0 Å². The number of rotatable bonds is 7. The van der Waals surface area contributed by atoms with Crippen LogP contribution in [0.4, 0.5) is 0 Å². The van der Waals surface area contributed by atoms with Crippen LogP contribution in [0.3, 0.4) is 0 Å². The van der Waals surface area contributed by atoms with E-state index < -0.39 is 46.3 Å². The van der Waals surface area contributed by atoms with Crippen LogP contribution in [-0.4, -0.2) is 46.3 Å². The summed E-state index contributed by atoms with van der Waals surface area (Å²) in [7, 11) is 0. The number of carbonyl (C=O) groups excluding carboxylic acids is 1. The van der Waals surface area contributed by atoms with Crippen LogP contribution in [0.25, 0.3) is 10.4 Å². The second kappa shape index (κ2) is 11.8. The number of nitrogens with one attached hydrogen (secondary N) is 1. The molecule has 1 heterocycles. The third kappa shape index (κ3) is 6.76. The number of ether oxygens (including phenoxy) is 4. The number of halogens is 3. The summed E-state index contributed by atoms with van der Waals surface area (Å²) in [4.78, 5) is 15.8. The van der Waals surface area contributed by atoms with Crippen LogP contribution in [0.2, 0.25) is 0 Å². The van der Waals surface area contributed by atoms with Crippen LogP contribution in [-0.2, 0) is 25.6 Å². The Morgan fingerprint density at radius 3 is 2.29 bits per heavy atom. The lowest BCUT2D eigenvalue weighted by molar-refractivity contribution is -0.253. The Morgan fingerprint density at radius 1 is 1.09 bits per heavy atom. The fourth-order valence-corrected chi connectivity index (χ4v) is 3.47. The Kier molecular flexibility index (Phi) is 9.02. The summed E-state index contributed by atoms with van der Waals surface area (Å²) < 4.78 is 20.9. The van der Waals surface area contributed by atoms with Gasteiger partial charge in [0.25, 0.3) is 3.79 Å². The minimum Gasteiger partial charge on any atom is -0.449 e. The van der Waals surface area contributed by atoms with Crippen molar-refractivity contribution >= 4 is 46.7 Å². The quantitative estimate of drug-likeness (QED) is 0.0955. The van der Waals surface area contributed by atoms with Crippen molar-refractivity contribution < 1.29 is 23.7 Å². The first-order valence-electron chi connectivity index (χ1n) is 10.1. The molecule has 4 unspecified atom stereocenters. The molecule has 0 aromatic heterocycles. The highest BCUT2D eigenvalue weighted by atomic mass is 35.6. The van der Waals surface area contributed by atoms with E-state index in [9.17, 15) is 4.79 Å². The molecule has 2 aromatic rings. The van der Waals surface area contributed by atoms with Crippen molar-refractivity contribution in [1.82, 2.24) is 0 Å². The number of alkyl halides is 3. The highest BCUT2D eigenvalue weighted by Crippen LogP contribution is 2.34. The van der Waals surface area contributed by atoms with Gasteiger partial charge in [-0.2, -0.15) is 0 Å². The van der Waals surface area contributed by atoms with Crippen LogP contribution in [0, 0.1) is 5.41 Å². The molecule has 2 aromatic carbocycles. The van der Waals surface area contributed by atoms with Crippen molar-refractivity contribution in [3.8, 4) is 0 Å². The molecule has 0 aliphatic carbocycles. The van der Waals surface area contributed by atoms with Crippen LogP contribution >= 0.6 is 34.8 Å². The van der Waals surface area contributed by atoms with Crippen LogP contribution < -0.4 is 0 Å². The average molecular weight is 528 g/mol. The Morgan fingerprint density at radius 2 is 1.71 bits per heavy atom. The molecule has 0 amide bonds. The highest BCUT2D eigenvalue weighted by molar-refractivity contribution is 6.76. The van der Waals surface area contributed by atoms with Gasteiger partial charge < -0.3 is 18.9 Å². The minimum atomic E-state index is -2.18. The molecule has 0 saturated carbocycles. The van der Waals surface area contributed by atoms with E-state index >= 15 is 0 Å². The van der Waals surface area contributed by atoms with Gasteiger partial charge in [0.05, 0.1) is 24.3 Å². The normalized spacial score (nSPS) is 24.5. The monoisotopic (exact) mass is 526 g/mol. The van der Waals surface area contributed by atoms with Crippen LogP contribution in [0.15, 0.2) is 65.8 Å². The van der Waals surface area contributed by atoms with Gasteiger partial charge in [0.2, 0.25) is 12.2 Å². The van der Waals surface area contributed by atoms with E-state index in [0.717, 1.165) is 5.56 Å². The summed E-state index contributed by atoms with van der Waals surface area (Å²) >= 11 is 17.3. The molecule has 1 N–H and O–H groups in total. The predicted octanol–water partition coefficient (Wildman–Crippen LogP) is 5.59. The SMILES string of the molecule is CC1O[C@H](OC(=N)C(Cl)(Cl)Cl)C(OC(=O)c2ccccc2)C(OCc2ccccc2)C1N=[N+]=[N-]. The largest absolute Gasteiger partial charge is 0.449 e. The first-order valence-corrected chi connectivity index (χ1v) is 11.3. The molecule has 0 radical (unpaired) electrons. The smallest absolute Gasteiger partial charge is 0.338 e. The Hall–Kier alpha value is -2.52. The molecule has 3 rings (SSSR count). The second-order valence-corrected chi connectivity index (χ2v) is 9.63. The fraction of sp³-hybridized carbons (Fsp3) is 0.364. The molecule has 180 valence electrons. The van der Waals surface area contributed by atoms with E-state index in [-0.39, 0.29) is 12.2 Å². The number of esters is 1. The molecule has 0 spiro atoms. The van der Waals surface area contributed by atoms with Crippen molar-refractivity contribution in [3.63, 3.8) is 0 Å². The molecule has 1 fully saturated rings. The van der Waals surface area contributed by atoms with Gasteiger partial charge in [0.15, 0.2) is 6.10 Å². The lowest BCUT2D eigenvalue weighted by Crippen LogP contribution is -2.59. The number of carbonyl (C=O) groups is 1. The summed E-state index contributed by atoms with van der Waals surface area (Å²) in [6.45, 7) is 1.74. The van der Waals surface area contributed by atoms with E-state index in [0.29, 0.717) is 0 Å². The van der Waals surface area contributed by atoms with E-state index in [1.165, 1.54) is 0 Å². The first-order chi connectivity index (χ1) is 16.2. The van der Waals surface area contributed by atoms with Crippen molar-refractivity contribution in [3.05, 3.63) is 82.2 Å². The van der Waals surface area contributed by atoms with Gasteiger partial charge in [-0.25, -0.2) is 4.79 Å². The van der Waals surface area contributed by atoms with E-state index in [1.807, 2.05) is 30.3 Å². The van der Waals surface area contributed by atoms with Crippen LogP contribution in [0.1, 0.15) is 22.8 Å². The molecule has 1 aliphatic heterocycles. The molecule has 34 heavy (non-hydrogen) atoms. The van der Waals surface area contributed by atoms with Crippen molar-refractivity contribution in [1.29, 1.82) is 5.41 Å². The zero-order chi connectivity index (χ0) is 24.7. The Balaban J connectivity index is 1.94. The minimum absolute atomic E-state index is 0.115. The molecule has 9 nitrogen and oxygen atoms in total. The van der Waals surface area contributed by atoms with Gasteiger partial charge in [-0.05, 0) is 30.2 Å². The number of hydrogen-bond acceptors (Lipinski definition) is 7. The van der Waals surface area contributed by atoms with Gasteiger partial charge in [0.1, 0.15) is 6.10 Å². The summed E-state index contributed by atoms with van der Waals surface area (Å²) in [6, 6.07) is 16.6. The van der Waals surface area contributed by atoms with E-state index in [4.69, 9.17) is 64.7 Å². The maximum atomic E-state index is 12.9.